The molecule has 0 saturated carbocycles. The molecule has 0 aliphatic heterocycles. The zero-order chi connectivity index (χ0) is 19.5. The molecule has 0 aliphatic carbocycles. The summed E-state index contributed by atoms with van der Waals surface area (Å²) in [6, 6.07) is 14.4. The van der Waals surface area contributed by atoms with E-state index in [9.17, 15) is 4.79 Å². The molecule has 0 bridgehead atoms. The second kappa shape index (κ2) is 11.2. The van der Waals surface area contributed by atoms with Crippen LogP contribution in [-0.4, -0.2) is 5.97 Å². The Hall–Kier alpha value is -2.61. The Kier molecular flexibility index (Phi) is 8.57. The van der Waals surface area contributed by atoms with Crippen molar-refractivity contribution in [2.24, 2.45) is 0 Å². The minimum Gasteiger partial charge on any atom is -0.423 e. The van der Waals surface area contributed by atoms with E-state index in [0.29, 0.717) is 5.75 Å². The number of hydrogen-bond donors (Lipinski definition) is 0. The Bertz CT molecular complexity index is 787. The normalized spacial score (nSPS) is 10.9. The van der Waals surface area contributed by atoms with Crippen molar-refractivity contribution in [3.8, 4) is 5.75 Å². The van der Waals surface area contributed by atoms with E-state index in [4.69, 9.17) is 4.74 Å². The molecule has 142 valence electrons. The van der Waals surface area contributed by atoms with Gasteiger partial charge in [-0.25, -0.2) is 4.79 Å². The third kappa shape index (κ3) is 6.56. The van der Waals surface area contributed by atoms with Gasteiger partial charge in [-0.05, 0) is 60.1 Å². The van der Waals surface area contributed by atoms with E-state index in [1.165, 1.54) is 41.2 Å². The quantitative estimate of drug-likeness (QED) is 0.205. The molecule has 0 saturated heterocycles. The molecule has 0 aliphatic rings. The van der Waals surface area contributed by atoms with Crippen LogP contribution in [0.3, 0.4) is 0 Å². The van der Waals surface area contributed by atoms with Crippen LogP contribution in [0.1, 0.15) is 61.8 Å². The molecule has 0 N–H and O–H groups in total. The summed E-state index contributed by atoms with van der Waals surface area (Å²) in [5.74, 6) is 0.149. The Morgan fingerprint density at radius 1 is 0.926 bits per heavy atom. The summed E-state index contributed by atoms with van der Waals surface area (Å²) in [6.45, 7) is 7.86. The van der Waals surface area contributed by atoms with Crippen molar-refractivity contribution in [2.75, 3.05) is 0 Å². The minimum atomic E-state index is -0.426. The molecule has 0 fully saturated rings. The average Bonchev–Trinajstić information content (AvgIpc) is 2.70. The molecule has 0 atom stereocenters. The van der Waals surface area contributed by atoms with Gasteiger partial charge >= 0.3 is 5.97 Å². The lowest BCUT2D eigenvalue weighted by Gasteiger charge is -2.10. The molecule has 0 spiro atoms. The zero-order valence-electron chi connectivity index (χ0n) is 16.5. The van der Waals surface area contributed by atoms with Crippen LogP contribution < -0.4 is 4.74 Å². The first kappa shape index (κ1) is 20.7. The van der Waals surface area contributed by atoms with Crippen molar-refractivity contribution in [2.45, 2.75) is 52.4 Å². The predicted octanol–water partition coefficient (Wildman–Crippen LogP) is 6.63. The van der Waals surface area contributed by atoms with E-state index in [0.717, 1.165) is 25.7 Å². The van der Waals surface area contributed by atoms with Crippen molar-refractivity contribution >= 4 is 18.1 Å². The fourth-order valence-electron chi connectivity index (χ4n) is 3.02. The zero-order valence-corrected chi connectivity index (χ0v) is 16.5. The second-order valence-corrected chi connectivity index (χ2v) is 6.73. The Labute approximate surface area is 163 Å². The average molecular weight is 363 g/mol. The van der Waals surface area contributed by atoms with Gasteiger partial charge in [0.1, 0.15) is 5.75 Å². The number of benzene rings is 2. The molecule has 0 unspecified atom stereocenters. The standard InChI is InChI=1S/C25H30O2/c1-4-7-11-20-13-9-10-14-21(20)15-16-22-17-18-24(27-25(26)6-3)19-23(22)12-8-5-2/h6,9-10,13-19H,3-5,7-8,11-12H2,1-2H3/b16-15+. The SMILES string of the molecule is C=CC(=O)Oc1ccc(/C=C/c2ccccc2CCCC)c(CCCC)c1. The molecule has 2 aromatic rings. The first-order valence-corrected chi connectivity index (χ1v) is 9.91. The van der Waals surface area contributed by atoms with Gasteiger partial charge in [0.05, 0.1) is 0 Å². The van der Waals surface area contributed by atoms with Crippen molar-refractivity contribution in [1.82, 2.24) is 0 Å². The van der Waals surface area contributed by atoms with Gasteiger partial charge in [0, 0.05) is 6.08 Å². The lowest BCUT2D eigenvalue weighted by atomic mass is 9.98. The van der Waals surface area contributed by atoms with Crippen LogP contribution in [0.2, 0.25) is 0 Å². The highest BCUT2D eigenvalue weighted by Crippen LogP contribution is 2.23. The number of aryl methyl sites for hydroxylation is 2. The van der Waals surface area contributed by atoms with Crippen LogP contribution >= 0.6 is 0 Å². The lowest BCUT2D eigenvalue weighted by Crippen LogP contribution is -2.03. The van der Waals surface area contributed by atoms with Crippen molar-refractivity contribution in [1.29, 1.82) is 0 Å². The summed E-state index contributed by atoms with van der Waals surface area (Å²) in [6.07, 6.45) is 12.3. The number of carbonyl (C=O) groups is 1. The van der Waals surface area contributed by atoms with Crippen molar-refractivity contribution in [3.63, 3.8) is 0 Å². The third-order valence-electron chi connectivity index (χ3n) is 4.60. The summed E-state index contributed by atoms with van der Waals surface area (Å²) in [5.41, 5.74) is 5.04. The number of carbonyl (C=O) groups excluding carboxylic acids is 1. The second-order valence-electron chi connectivity index (χ2n) is 6.73. The summed E-state index contributed by atoms with van der Waals surface area (Å²) in [5, 5.41) is 0. The largest absolute Gasteiger partial charge is 0.423 e. The van der Waals surface area contributed by atoms with Crippen LogP contribution in [0, 0.1) is 0 Å². The van der Waals surface area contributed by atoms with Gasteiger partial charge < -0.3 is 4.74 Å². The molecule has 0 amide bonds. The van der Waals surface area contributed by atoms with Crippen LogP contribution in [0.5, 0.6) is 5.75 Å². The monoisotopic (exact) mass is 362 g/mol. The van der Waals surface area contributed by atoms with Gasteiger partial charge in [0.25, 0.3) is 0 Å². The number of unbranched alkanes of at least 4 members (excludes halogenated alkanes) is 2. The maximum atomic E-state index is 11.5. The van der Waals surface area contributed by atoms with E-state index >= 15 is 0 Å². The first-order valence-electron chi connectivity index (χ1n) is 9.91. The van der Waals surface area contributed by atoms with Gasteiger partial charge in [-0.2, -0.15) is 0 Å². The lowest BCUT2D eigenvalue weighted by molar-refractivity contribution is -0.128. The molecule has 0 aromatic heterocycles. The topological polar surface area (TPSA) is 26.3 Å². The van der Waals surface area contributed by atoms with E-state index in [1.807, 2.05) is 18.2 Å². The number of esters is 1. The molecule has 0 radical (unpaired) electrons. The summed E-state index contributed by atoms with van der Waals surface area (Å²) >= 11 is 0. The highest BCUT2D eigenvalue weighted by Gasteiger charge is 2.06. The minimum absolute atomic E-state index is 0.426. The van der Waals surface area contributed by atoms with Gasteiger partial charge in [-0.3, -0.25) is 0 Å². The van der Waals surface area contributed by atoms with Gasteiger partial charge in [0.2, 0.25) is 0 Å². The Balaban J connectivity index is 2.27. The van der Waals surface area contributed by atoms with E-state index in [-0.39, 0.29) is 0 Å². The van der Waals surface area contributed by atoms with Crippen LogP contribution in [0.15, 0.2) is 55.1 Å². The molecule has 2 nitrogen and oxygen atoms in total. The molecule has 2 rings (SSSR count). The third-order valence-corrected chi connectivity index (χ3v) is 4.60. The van der Waals surface area contributed by atoms with E-state index < -0.39 is 5.97 Å². The molecule has 0 heterocycles. The van der Waals surface area contributed by atoms with Crippen LogP contribution in [0.4, 0.5) is 0 Å². The van der Waals surface area contributed by atoms with Crippen molar-refractivity contribution < 1.29 is 9.53 Å². The highest BCUT2D eigenvalue weighted by molar-refractivity contribution is 5.83. The van der Waals surface area contributed by atoms with E-state index in [1.54, 1.807) is 0 Å². The maximum Gasteiger partial charge on any atom is 0.335 e. The Morgan fingerprint density at radius 2 is 1.56 bits per heavy atom. The number of ether oxygens (including phenoxy) is 1. The molecular weight excluding hydrogens is 332 g/mol. The van der Waals surface area contributed by atoms with Crippen LogP contribution in [-0.2, 0) is 17.6 Å². The fourth-order valence-corrected chi connectivity index (χ4v) is 3.02. The molecule has 2 aromatic carbocycles. The summed E-state index contributed by atoms with van der Waals surface area (Å²) in [4.78, 5) is 11.5. The maximum absolute atomic E-state index is 11.5. The summed E-state index contributed by atoms with van der Waals surface area (Å²) in [7, 11) is 0. The Morgan fingerprint density at radius 3 is 2.22 bits per heavy atom. The molecular formula is C25H30O2. The predicted molar refractivity (Wildman–Crippen MR) is 115 cm³/mol. The first-order chi connectivity index (χ1) is 13.2. The van der Waals surface area contributed by atoms with Gasteiger partial charge in [0.15, 0.2) is 0 Å². The van der Waals surface area contributed by atoms with E-state index in [2.05, 4.69) is 56.8 Å². The molecule has 27 heavy (non-hydrogen) atoms. The number of rotatable bonds is 10. The van der Waals surface area contributed by atoms with Gasteiger partial charge in [-0.15, -0.1) is 0 Å². The fraction of sp³-hybridized carbons (Fsp3) is 0.320. The molecule has 2 heteroatoms. The highest BCUT2D eigenvalue weighted by atomic mass is 16.5. The smallest absolute Gasteiger partial charge is 0.335 e. The number of hydrogen-bond acceptors (Lipinski definition) is 2. The van der Waals surface area contributed by atoms with Gasteiger partial charge in [-0.1, -0.05) is 75.8 Å². The van der Waals surface area contributed by atoms with Crippen molar-refractivity contribution in [3.05, 3.63) is 77.4 Å². The van der Waals surface area contributed by atoms with Crippen LogP contribution in [0.25, 0.3) is 12.2 Å². The summed E-state index contributed by atoms with van der Waals surface area (Å²) < 4.78 is 5.28.